The van der Waals surface area contributed by atoms with E-state index in [1.807, 2.05) is 36.4 Å². The number of fused-ring (bicyclic) bond motifs is 3. The van der Waals surface area contributed by atoms with E-state index >= 15 is 0 Å². The van der Waals surface area contributed by atoms with Crippen molar-refractivity contribution in [2.24, 2.45) is 0 Å². The molecule has 4 rings (SSSR count). The third-order valence-corrected chi connectivity index (χ3v) is 4.32. The summed E-state index contributed by atoms with van der Waals surface area (Å²) in [6, 6.07) is 12.5. The van der Waals surface area contributed by atoms with Gasteiger partial charge in [-0.1, -0.05) is 54.5 Å². The van der Waals surface area contributed by atoms with Gasteiger partial charge in [-0.3, -0.25) is 0 Å². The average molecular weight is 265 g/mol. The van der Waals surface area contributed by atoms with Crippen LogP contribution in [0.2, 0.25) is 0 Å². The Hall–Kier alpha value is -2.12. The standard InChI is InChI=1S/C18H12S/c1-2-6-13(7-3-1)14-10-11-18-16(12-14)15-8-4-5-9-17(15)19-18/h1-12H/i1D,2D,3D,6D,7D. The molecule has 0 N–H and O–H groups in total. The molecule has 0 fully saturated rings. The van der Waals surface area contributed by atoms with Crippen LogP contribution in [-0.4, -0.2) is 0 Å². The molecule has 1 heterocycles. The molecule has 0 bridgehead atoms. The van der Waals surface area contributed by atoms with Gasteiger partial charge in [-0.2, -0.15) is 0 Å². The van der Waals surface area contributed by atoms with E-state index in [-0.39, 0.29) is 35.8 Å². The van der Waals surface area contributed by atoms with Crippen LogP contribution in [0.5, 0.6) is 0 Å². The molecule has 0 amide bonds. The van der Waals surface area contributed by atoms with Crippen LogP contribution < -0.4 is 0 Å². The summed E-state index contributed by atoms with van der Waals surface area (Å²) >= 11 is 1.68. The molecule has 0 aliphatic rings. The van der Waals surface area contributed by atoms with Crippen molar-refractivity contribution >= 4 is 31.5 Å². The summed E-state index contributed by atoms with van der Waals surface area (Å²) in [5.74, 6) is 0. The van der Waals surface area contributed by atoms with E-state index in [1.165, 1.54) is 4.70 Å². The monoisotopic (exact) mass is 265 g/mol. The molecule has 3 aromatic carbocycles. The predicted octanol–water partition coefficient (Wildman–Crippen LogP) is 5.72. The Balaban J connectivity index is 2.06. The zero-order chi connectivity index (χ0) is 17.0. The normalized spacial score (nSPS) is 14.8. The molecule has 19 heavy (non-hydrogen) atoms. The van der Waals surface area contributed by atoms with E-state index in [0.717, 1.165) is 15.5 Å². The summed E-state index contributed by atoms with van der Waals surface area (Å²) in [4.78, 5) is 0. The van der Waals surface area contributed by atoms with E-state index in [0.29, 0.717) is 5.56 Å². The smallest absolute Gasteiger partial charge is 0.0629 e. The second kappa shape index (κ2) is 4.22. The zero-order valence-corrected chi connectivity index (χ0v) is 10.8. The van der Waals surface area contributed by atoms with Crippen LogP contribution in [-0.2, 0) is 0 Å². The van der Waals surface area contributed by atoms with Gasteiger partial charge < -0.3 is 0 Å². The molecule has 0 aliphatic heterocycles. The Morgan fingerprint density at radius 2 is 1.53 bits per heavy atom. The predicted molar refractivity (Wildman–Crippen MR) is 84.8 cm³/mol. The highest BCUT2D eigenvalue weighted by molar-refractivity contribution is 7.25. The molecular weight excluding hydrogens is 248 g/mol. The van der Waals surface area contributed by atoms with Gasteiger partial charge in [0.2, 0.25) is 0 Å². The Morgan fingerprint density at radius 1 is 0.737 bits per heavy atom. The van der Waals surface area contributed by atoms with E-state index in [4.69, 9.17) is 6.85 Å². The van der Waals surface area contributed by atoms with Gasteiger partial charge in [-0.05, 0) is 29.3 Å². The molecule has 0 nitrogen and oxygen atoms in total. The van der Waals surface area contributed by atoms with Gasteiger partial charge in [-0.25, -0.2) is 0 Å². The van der Waals surface area contributed by atoms with Crippen LogP contribution in [0.4, 0.5) is 0 Å². The van der Waals surface area contributed by atoms with Gasteiger partial charge in [0.05, 0.1) is 6.85 Å². The highest BCUT2D eigenvalue weighted by atomic mass is 32.1. The molecule has 0 atom stereocenters. The van der Waals surface area contributed by atoms with Gasteiger partial charge >= 0.3 is 0 Å². The number of hydrogen-bond donors (Lipinski definition) is 0. The number of thiophene rings is 1. The topological polar surface area (TPSA) is 0 Å². The van der Waals surface area contributed by atoms with Crippen LogP contribution in [0.1, 0.15) is 6.85 Å². The first kappa shape index (κ1) is 6.88. The number of rotatable bonds is 1. The minimum absolute atomic E-state index is 0.167. The molecule has 0 radical (unpaired) electrons. The van der Waals surface area contributed by atoms with E-state index < -0.39 is 0 Å². The highest BCUT2D eigenvalue weighted by Crippen LogP contribution is 2.35. The molecule has 4 aromatic rings. The van der Waals surface area contributed by atoms with Crippen LogP contribution in [0.15, 0.2) is 72.7 Å². The maximum Gasteiger partial charge on any atom is 0.0629 e. The molecule has 1 heteroatoms. The fourth-order valence-corrected chi connectivity index (χ4v) is 3.36. The lowest BCUT2D eigenvalue weighted by molar-refractivity contribution is 1.66. The third kappa shape index (κ3) is 1.74. The van der Waals surface area contributed by atoms with Crippen molar-refractivity contribution in [2.45, 2.75) is 0 Å². The summed E-state index contributed by atoms with van der Waals surface area (Å²) in [6.45, 7) is 0. The lowest BCUT2D eigenvalue weighted by atomic mass is 10.0. The molecule has 0 spiro atoms. The summed E-state index contributed by atoms with van der Waals surface area (Å²) < 4.78 is 42.0. The molecule has 0 aliphatic carbocycles. The van der Waals surface area contributed by atoms with Gasteiger partial charge in [-0.15, -0.1) is 11.3 Å². The third-order valence-electron chi connectivity index (χ3n) is 3.17. The molecule has 1 aromatic heterocycles. The maximum atomic E-state index is 8.14. The van der Waals surface area contributed by atoms with Crippen LogP contribution in [0, 0.1) is 0 Å². The van der Waals surface area contributed by atoms with E-state index in [2.05, 4.69) is 6.07 Å². The van der Waals surface area contributed by atoms with Crippen LogP contribution >= 0.6 is 11.3 Å². The van der Waals surface area contributed by atoms with Crippen LogP contribution in [0.25, 0.3) is 31.3 Å². The van der Waals surface area contributed by atoms with Gasteiger partial charge in [0.1, 0.15) is 0 Å². The van der Waals surface area contributed by atoms with Gasteiger partial charge in [0, 0.05) is 20.2 Å². The summed E-state index contributed by atoms with van der Waals surface area (Å²) in [7, 11) is 0. The van der Waals surface area contributed by atoms with Crippen molar-refractivity contribution in [3.8, 4) is 11.1 Å². The minimum atomic E-state index is -0.365. The fourth-order valence-electron chi connectivity index (χ4n) is 2.28. The van der Waals surface area contributed by atoms with Crippen molar-refractivity contribution in [3.63, 3.8) is 0 Å². The second-order valence-corrected chi connectivity index (χ2v) is 5.39. The zero-order valence-electron chi connectivity index (χ0n) is 14.9. The molecule has 0 saturated heterocycles. The molecule has 0 unspecified atom stereocenters. The minimum Gasteiger partial charge on any atom is -0.135 e. The Labute approximate surface area is 123 Å². The molecular formula is C18H12S. The summed E-state index contributed by atoms with van der Waals surface area (Å²) in [6.07, 6.45) is 0. The largest absolute Gasteiger partial charge is 0.135 e. The Kier molecular flexibility index (Phi) is 1.53. The van der Waals surface area contributed by atoms with Gasteiger partial charge in [0.25, 0.3) is 0 Å². The van der Waals surface area contributed by atoms with Crippen molar-refractivity contribution in [2.75, 3.05) is 0 Å². The Bertz CT molecular complexity index is 1080. The first-order valence-corrected chi connectivity index (χ1v) is 6.79. The quantitative estimate of drug-likeness (QED) is 0.413. The van der Waals surface area contributed by atoms with Crippen molar-refractivity contribution < 1.29 is 6.85 Å². The fraction of sp³-hybridized carbons (Fsp3) is 0. The number of benzene rings is 3. The van der Waals surface area contributed by atoms with Crippen molar-refractivity contribution in [3.05, 3.63) is 72.7 Å². The van der Waals surface area contributed by atoms with Crippen LogP contribution in [0.3, 0.4) is 0 Å². The SMILES string of the molecule is [2H]c1c([2H])c([2H])c(-c2ccc3sc4ccccc4c3c2)c([2H])c1[2H]. The first-order chi connectivity index (χ1) is 11.5. The maximum absolute atomic E-state index is 8.14. The number of hydrogen-bond acceptors (Lipinski definition) is 1. The van der Waals surface area contributed by atoms with Crippen molar-refractivity contribution in [1.29, 1.82) is 0 Å². The van der Waals surface area contributed by atoms with Gasteiger partial charge in [0.15, 0.2) is 0 Å². The highest BCUT2D eigenvalue weighted by Gasteiger charge is 2.05. The second-order valence-electron chi connectivity index (χ2n) is 4.31. The summed E-state index contributed by atoms with van der Waals surface area (Å²) in [5, 5.41) is 2.16. The van der Waals surface area contributed by atoms with E-state index in [9.17, 15) is 0 Å². The summed E-state index contributed by atoms with van der Waals surface area (Å²) in [5.41, 5.74) is 0.890. The lowest BCUT2D eigenvalue weighted by Gasteiger charge is -2.01. The van der Waals surface area contributed by atoms with Crippen molar-refractivity contribution in [1.82, 2.24) is 0 Å². The molecule has 0 saturated carbocycles. The van der Waals surface area contributed by atoms with E-state index in [1.54, 1.807) is 11.3 Å². The first-order valence-electron chi connectivity index (χ1n) is 8.47. The average Bonchev–Trinajstić information content (AvgIpc) is 2.96. The Morgan fingerprint density at radius 3 is 2.42 bits per heavy atom. The lowest BCUT2D eigenvalue weighted by Crippen LogP contribution is -1.76. The molecule has 90 valence electrons.